The Hall–Kier alpha value is -0.906. The molecular formula is C25H31FNO2SY-. The predicted molar refractivity (Wildman–Crippen MR) is 121 cm³/mol. The third kappa shape index (κ3) is 6.33. The van der Waals surface area contributed by atoms with Crippen molar-refractivity contribution >= 4 is 28.7 Å². The number of ketones is 1. The smallest absolute Gasteiger partial charge is 0.261 e. The number of thiophene rings is 1. The van der Waals surface area contributed by atoms with Crippen molar-refractivity contribution in [3.63, 3.8) is 0 Å². The zero-order chi connectivity index (χ0) is 21.7. The number of carbonyl (C=O) groups is 2. The Morgan fingerprint density at radius 3 is 2.55 bits per heavy atom. The second kappa shape index (κ2) is 11.8. The Morgan fingerprint density at radius 1 is 1.23 bits per heavy atom. The van der Waals surface area contributed by atoms with E-state index in [1.165, 1.54) is 4.88 Å². The van der Waals surface area contributed by atoms with Crippen LogP contribution in [0.4, 0.5) is 10.1 Å². The summed E-state index contributed by atoms with van der Waals surface area (Å²) in [5.41, 5.74) is 1.08. The molecule has 1 aliphatic heterocycles. The largest absolute Gasteiger partial charge is 0.307 e. The molecule has 0 saturated carbocycles. The first-order valence-electron chi connectivity index (χ1n) is 10.9. The van der Waals surface area contributed by atoms with E-state index in [9.17, 15) is 14.0 Å². The Balaban J connectivity index is 0.00000341. The molecule has 0 N–H and O–H groups in total. The Labute approximate surface area is 214 Å². The van der Waals surface area contributed by atoms with Crippen molar-refractivity contribution in [1.29, 1.82) is 0 Å². The number of Topliss-reactive ketones (excluding diaryl/α,β-unsaturated/α-hetero) is 1. The molecule has 1 fully saturated rings. The van der Waals surface area contributed by atoms with E-state index in [4.69, 9.17) is 0 Å². The van der Waals surface area contributed by atoms with Crippen molar-refractivity contribution in [2.24, 2.45) is 0 Å². The van der Waals surface area contributed by atoms with Gasteiger partial charge in [-0.25, -0.2) is 10.5 Å². The topological polar surface area (TPSA) is 37.4 Å². The number of benzene rings is 1. The minimum atomic E-state index is -1.43. The molecule has 6 heteroatoms. The van der Waals surface area contributed by atoms with Gasteiger partial charge in [0.05, 0.1) is 0 Å². The molecule has 1 amide bonds. The first-order valence-corrected chi connectivity index (χ1v) is 11.7. The van der Waals surface area contributed by atoms with Crippen molar-refractivity contribution in [2.45, 2.75) is 83.3 Å². The summed E-state index contributed by atoms with van der Waals surface area (Å²) in [7, 11) is 0. The fourth-order valence-corrected chi connectivity index (χ4v) is 4.80. The van der Waals surface area contributed by atoms with E-state index in [1.54, 1.807) is 16.2 Å². The molecular weight excluding hydrogens is 486 g/mol. The van der Waals surface area contributed by atoms with Gasteiger partial charge in [0, 0.05) is 62.7 Å². The average Bonchev–Trinajstić information content (AvgIpc) is 3.34. The van der Waals surface area contributed by atoms with E-state index in [0.717, 1.165) is 43.4 Å². The molecule has 0 spiro atoms. The Morgan fingerprint density at radius 2 is 1.94 bits per heavy atom. The van der Waals surface area contributed by atoms with Crippen LogP contribution in [0.25, 0.3) is 0 Å². The quantitative estimate of drug-likeness (QED) is 0.360. The van der Waals surface area contributed by atoms with Gasteiger partial charge in [0.25, 0.3) is 5.91 Å². The summed E-state index contributed by atoms with van der Waals surface area (Å²) >= 11 is 1.61. The summed E-state index contributed by atoms with van der Waals surface area (Å²) in [6.07, 6.45) is 3.88. The van der Waals surface area contributed by atoms with Crippen LogP contribution in [0.15, 0.2) is 36.4 Å². The van der Waals surface area contributed by atoms with Gasteiger partial charge in [0.2, 0.25) is 0 Å². The van der Waals surface area contributed by atoms with Gasteiger partial charge in [-0.15, -0.1) is 10.3 Å². The van der Waals surface area contributed by atoms with Crippen molar-refractivity contribution in [1.82, 2.24) is 0 Å². The second-order valence-electron chi connectivity index (χ2n) is 8.68. The minimum Gasteiger partial charge on any atom is -0.307 e. The summed E-state index contributed by atoms with van der Waals surface area (Å²) in [5, 5.41) is 3.09. The number of nitrogens with zero attached hydrogens (tertiary/aromatic N) is 1. The fourth-order valence-electron chi connectivity index (χ4n) is 4.13. The zero-order valence-corrected chi connectivity index (χ0v) is 22.4. The Bertz CT molecular complexity index is 851. The van der Waals surface area contributed by atoms with E-state index >= 15 is 0 Å². The van der Waals surface area contributed by atoms with E-state index in [0.29, 0.717) is 6.42 Å². The van der Waals surface area contributed by atoms with Gasteiger partial charge in [-0.05, 0) is 44.4 Å². The van der Waals surface area contributed by atoms with Gasteiger partial charge in [-0.1, -0.05) is 38.3 Å². The van der Waals surface area contributed by atoms with E-state index in [-0.39, 0.29) is 51.0 Å². The molecule has 31 heavy (non-hydrogen) atoms. The number of unbranched alkanes of at least 4 members (excludes halogenated alkanes) is 1. The first kappa shape index (κ1) is 26.3. The standard InChI is InChI=1S/C25H31FNO2S.Y/c1-4-5-11-23(28)25(2,3)18-12-14-19(15-13-18)27-20(17-22(26)24(27)29)8-6-9-21-10-7-16-30-21;/h7,10,12-15,20,22H,4-6,8-9,11,17H2,1-3H3;/q-1;. The van der Waals surface area contributed by atoms with Gasteiger partial charge in [0.15, 0.2) is 6.17 Å². The summed E-state index contributed by atoms with van der Waals surface area (Å²) in [6, 6.07) is 11.4. The number of rotatable bonds is 10. The summed E-state index contributed by atoms with van der Waals surface area (Å²) in [5.74, 6) is -0.225. The molecule has 1 aromatic heterocycles. The number of alkyl halides is 1. The van der Waals surface area contributed by atoms with Gasteiger partial charge in [-0.3, -0.25) is 9.59 Å². The normalized spacial score (nSPS) is 18.8. The molecule has 0 bridgehead atoms. The number of anilines is 1. The molecule has 1 aliphatic rings. The van der Waals surface area contributed by atoms with Gasteiger partial charge in [0.1, 0.15) is 5.78 Å². The molecule has 2 heterocycles. The van der Waals surface area contributed by atoms with Crippen LogP contribution in [-0.4, -0.2) is 23.9 Å². The Kier molecular flexibility index (Phi) is 10.0. The maximum absolute atomic E-state index is 14.3. The van der Waals surface area contributed by atoms with Crippen LogP contribution in [-0.2, 0) is 54.1 Å². The predicted octanol–water partition coefficient (Wildman–Crippen LogP) is 6.05. The number of hydrogen-bond donors (Lipinski definition) is 0. The minimum absolute atomic E-state index is 0. The molecule has 1 aromatic carbocycles. The van der Waals surface area contributed by atoms with E-state index in [2.05, 4.69) is 18.4 Å². The van der Waals surface area contributed by atoms with E-state index < -0.39 is 17.5 Å². The molecule has 165 valence electrons. The molecule has 3 nitrogen and oxygen atoms in total. The number of carbonyl (C=O) groups excluding carboxylic acids is 2. The van der Waals surface area contributed by atoms with Crippen molar-refractivity contribution in [3.8, 4) is 0 Å². The molecule has 2 aromatic rings. The first-order chi connectivity index (χ1) is 14.3. The number of amides is 1. The van der Waals surface area contributed by atoms with Crippen molar-refractivity contribution in [2.75, 3.05) is 4.90 Å². The molecule has 1 saturated heterocycles. The maximum Gasteiger partial charge on any atom is 0.261 e. The van der Waals surface area contributed by atoms with Gasteiger partial charge in [-0.2, -0.15) is 6.07 Å². The summed E-state index contributed by atoms with van der Waals surface area (Å²) in [4.78, 5) is 28.0. The number of aryl methyl sites for hydroxylation is 1. The van der Waals surface area contributed by atoms with Crippen LogP contribution in [0.2, 0.25) is 0 Å². The zero-order valence-electron chi connectivity index (χ0n) is 18.7. The third-order valence-electron chi connectivity index (χ3n) is 6.16. The monoisotopic (exact) mass is 517 g/mol. The third-order valence-corrected chi connectivity index (χ3v) is 7.02. The molecule has 3 rings (SSSR count). The van der Waals surface area contributed by atoms with Crippen LogP contribution in [0, 0.1) is 5.38 Å². The van der Waals surface area contributed by atoms with Crippen molar-refractivity contribution < 1.29 is 46.7 Å². The van der Waals surface area contributed by atoms with Gasteiger partial charge >= 0.3 is 0 Å². The van der Waals surface area contributed by atoms with Crippen LogP contribution < -0.4 is 4.90 Å². The average molecular weight is 517 g/mol. The fraction of sp³-hybridized carbons (Fsp3) is 0.520. The maximum atomic E-state index is 14.3. The molecule has 2 unspecified atom stereocenters. The summed E-state index contributed by atoms with van der Waals surface area (Å²) < 4.78 is 14.3. The van der Waals surface area contributed by atoms with Crippen molar-refractivity contribution in [3.05, 3.63) is 52.2 Å². The number of halogens is 1. The van der Waals surface area contributed by atoms with Crippen LogP contribution in [0.3, 0.4) is 0 Å². The van der Waals surface area contributed by atoms with Crippen LogP contribution >= 0.6 is 11.3 Å². The van der Waals surface area contributed by atoms with Gasteiger partial charge < -0.3 is 16.2 Å². The molecule has 0 aliphatic carbocycles. The summed E-state index contributed by atoms with van der Waals surface area (Å²) in [6.45, 7) is 5.97. The second-order valence-corrected chi connectivity index (χ2v) is 9.64. The SMILES string of the molecule is CCCCC(=O)C(C)(C)c1ccc(N2C(=O)C(F)CC2CCCc2cc[c-]s2)cc1.[Y]. The van der Waals surface area contributed by atoms with Crippen LogP contribution in [0.1, 0.15) is 69.7 Å². The molecule has 1 radical (unpaired) electrons. The molecule has 2 atom stereocenters. The van der Waals surface area contributed by atoms with E-state index in [1.807, 2.05) is 44.2 Å². The number of hydrogen-bond acceptors (Lipinski definition) is 3. The van der Waals surface area contributed by atoms with Crippen LogP contribution in [0.5, 0.6) is 0 Å².